The number of ether oxygens (including phenoxy) is 2. The zero-order valence-corrected chi connectivity index (χ0v) is 15.0. The topological polar surface area (TPSA) is 59.1 Å². The summed E-state index contributed by atoms with van der Waals surface area (Å²) in [5.74, 6) is 0.896. The summed E-state index contributed by atoms with van der Waals surface area (Å²) in [7, 11) is 3.03. The normalized spacial score (nSPS) is 20.5. The van der Waals surface area contributed by atoms with Crippen LogP contribution in [0.25, 0.3) is 0 Å². The monoisotopic (exact) mass is 346 g/mol. The molecule has 1 saturated heterocycles. The van der Waals surface area contributed by atoms with Gasteiger partial charge in [-0.2, -0.15) is 0 Å². The first-order chi connectivity index (χ1) is 12.1. The van der Waals surface area contributed by atoms with Gasteiger partial charge in [-0.3, -0.25) is 9.69 Å². The number of hydrogen-bond donors (Lipinski definition) is 0. The standard InChI is InChI=1S/C19H26N2O4/c1-24-16-7-6-14-8-11-20(12-9-15(14)13-16)18(22)17-5-3-4-10-21(17)19(23)25-2/h6-7,13,17H,3-5,8-12H2,1-2H3. The molecule has 0 N–H and O–H groups in total. The second-order valence-electron chi connectivity index (χ2n) is 6.63. The van der Waals surface area contributed by atoms with Crippen LogP contribution >= 0.6 is 0 Å². The predicted molar refractivity (Wildman–Crippen MR) is 93.7 cm³/mol. The summed E-state index contributed by atoms with van der Waals surface area (Å²) in [4.78, 5) is 28.6. The van der Waals surface area contributed by atoms with E-state index in [2.05, 4.69) is 12.1 Å². The predicted octanol–water partition coefficient (Wildman–Crippen LogP) is 2.24. The van der Waals surface area contributed by atoms with Crippen LogP contribution in [0.15, 0.2) is 18.2 Å². The van der Waals surface area contributed by atoms with Crippen LogP contribution in [0.5, 0.6) is 5.75 Å². The lowest BCUT2D eigenvalue weighted by atomic mass is 10.0. The maximum atomic E-state index is 13.1. The minimum atomic E-state index is -0.402. The number of carbonyl (C=O) groups is 2. The van der Waals surface area contributed by atoms with E-state index in [0.717, 1.165) is 31.4 Å². The molecule has 0 radical (unpaired) electrons. The molecule has 1 aromatic carbocycles. The molecule has 0 aliphatic carbocycles. The lowest BCUT2D eigenvalue weighted by molar-refractivity contribution is -0.137. The number of methoxy groups -OCH3 is 2. The number of fused-ring (bicyclic) bond motifs is 1. The van der Waals surface area contributed by atoms with Crippen LogP contribution in [0.3, 0.4) is 0 Å². The van der Waals surface area contributed by atoms with Crippen molar-refractivity contribution in [2.24, 2.45) is 0 Å². The first kappa shape index (κ1) is 17.6. The number of nitrogens with zero attached hydrogens (tertiary/aromatic N) is 2. The van der Waals surface area contributed by atoms with Crippen LogP contribution in [-0.2, 0) is 22.4 Å². The van der Waals surface area contributed by atoms with E-state index in [-0.39, 0.29) is 5.91 Å². The van der Waals surface area contributed by atoms with E-state index in [4.69, 9.17) is 9.47 Å². The lowest BCUT2D eigenvalue weighted by Gasteiger charge is -2.36. The molecule has 0 spiro atoms. The molecule has 25 heavy (non-hydrogen) atoms. The van der Waals surface area contributed by atoms with Crippen LogP contribution in [0.2, 0.25) is 0 Å². The SMILES string of the molecule is COC(=O)N1CCCCC1C(=O)N1CCc2ccc(OC)cc2CC1. The van der Waals surface area contributed by atoms with Crippen molar-refractivity contribution >= 4 is 12.0 Å². The number of benzene rings is 1. The van der Waals surface area contributed by atoms with E-state index in [1.54, 1.807) is 12.0 Å². The largest absolute Gasteiger partial charge is 0.497 e. The second kappa shape index (κ2) is 7.76. The van der Waals surface area contributed by atoms with E-state index in [1.807, 2.05) is 11.0 Å². The Labute approximate surface area is 148 Å². The Morgan fingerprint density at radius 2 is 1.80 bits per heavy atom. The van der Waals surface area contributed by atoms with Crippen molar-refractivity contribution in [3.63, 3.8) is 0 Å². The molecular weight excluding hydrogens is 320 g/mol. The van der Waals surface area contributed by atoms with E-state index in [0.29, 0.717) is 26.1 Å². The molecular formula is C19H26N2O4. The third-order valence-electron chi connectivity index (χ3n) is 5.22. The van der Waals surface area contributed by atoms with Crippen LogP contribution in [0.1, 0.15) is 30.4 Å². The fourth-order valence-electron chi connectivity index (χ4n) is 3.78. The van der Waals surface area contributed by atoms with Crippen LogP contribution in [-0.4, -0.2) is 61.7 Å². The number of piperidine rings is 1. The Bertz CT molecular complexity index is 646. The minimum absolute atomic E-state index is 0.0462. The molecule has 0 aromatic heterocycles. The molecule has 1 aromatic rings. The average molecular weight is 346 g/mol. The summed E-state index contributed by atoms with van der Waals surface area (Å²) in [6, 6.07) is 5.72. The number of hydrogen-bond acceptors (Lipinski definition) is 4. The molecule has 2 aliphatic heterocycles. The summed E-state index contributed by atoms with van der Waals surface area (Å²) >= 11 is 0. The fraction of sp³-hybridized carbons (Fsp3) is 0.579. The van der Waals surface area contributed by atoms with Gasteiger partial charge in [0, 0.05) is 19.6 Å². The Morgan fingerprint density at radius 1 is 1.04 bits per heavy atom. The molecule has 1 fully saturated rings. The van der Waals surface area contributed by atoms with Gasteiger partial charge >= 0.3 is 6.09 Å². The Hall–Kier alpha value is -2.24. The van der Waals surface area contributed by atoms with Gasteiger partial charge in [-0.25, -0.2) is 4.79 Å². The first-order valence-corrected chi connectivity index (χ1v) is 8.93. The van der Waals surface area contributed by atoms with Gasteiger partial charge in [0.05, 0.1) is 14.2 Å². The van der Waals surface area contributed by atoms with Crippen LogP contribution in [0.4, 0.5) is 4.79 Å². The van der Waals surface area contributed by atoms with E-state index in [1.165, 1.54) is 18.2 Å². The Morgan fingerprint density at radius 3 is 2.52 bits per heavy atom. The number of amides is 2. The van der Waals surface area contributed by atoms with Gasteiger partial charge in [-0.05, 0) is 55.4 Å². The molecule has 1 unspecified atom stereocenters. The van der Waals surface area contributed by atoms with Gasteiger partial charge in [-0.1, -0.05) is 6.07 Å². The van der Waals surface area contributed by atoms with Crippen molar-refractivity contribution in [3.05, 3.63) is 29.3 Å². The molecule has 0 bridgehead atoms. The summed E-state index contributed by atoms with van der Waals surface area (Å²) in [5, 5.41) is 0. The smallest absolute Gasteiger partial charge is 0.410 e. The number of likely N-dealkylation sites (tertiary alicyclic amines) is 1. The van der Waals surface area contributed by atoms with E-state index >= 15 is 0 Å². The van der Waals surface area contributed by atoms with E-state index < -0.39 is 12.1 Å². The van der Waals surface area contributed by atoms with Gasteiger partial charge < -0.3 is 14.4 Å². The fourth-order valence-corrected chi connectivity index (χ4v) is 3.78. The molecule has 2 heterocycles. The Balaban J connectivity index is 1.71. The first-order valence-electron chi connectivity index (χ1n) is 8.93. The van der Waals surface area contributed by atoms with Crippen molar-refractivity contribution in [2.45, 2.75) is 38.1 Å². The highest BCUT2D eigenvalue weighted by Gasteiger charge is 2.35. The highest BCUT2D eigenvalue weighted by Crippen LogP contribution is 2.24. The third-order valence-corrected chi connectivity index (χ3v) is 5.22. The average Bonchev–Trinajstić information content (AvgIpc) is 2.88. The van der Waals surface area contributed by atoms with Crippen molar-refractivity contribution < 1.29 is 19.1 Å². The zero-order valence-electron chi connectivity index (χ0n) is 15.0. The molecule has 2 aliphatic rings. The Kier molecular flexibility index (Phi) is 5.46. The van der Waals surface area contributed by atoms with Crippen molar-refractivity contribution in [1.82, 2.24) is 9.80 Å². The quantitative estimate of drug-likeness (QED) is 0.824. The molecule has 2 amide bonds. The molecule has 3 rings (SSSR count). The summed E-state index contributed by atoms with van der Waals surface area (Å²) in [6.45, 7) is 1.95. The molecule has 6 heteroatoms. The summed E-state index contributed by atoms with van der Waals surface area (Å²) in [5.41, 5.74) is 2.51. The minimum Gasteiger partial charge on any atom is -0.497 e. The molecule has 6 nitrogen and oxygen atoms in total. The lowest BCUT2D eigenvalue weighted by Crippen LogP contribution is -2.53. The van der Waals surface area contributed by atoms with Crippen LogP contribution in [0, 0.1) is 0 Å². The van der Waals surface area contributed by atoms with Gasteiger partial charge in [0.1, 0.15) is 11.8 Å². The summed E-state index contributed by atoms with van der Waals surface area (Å²) < 4.78 is 10.2. The number of rotatable bonds is 2. The van der Waals surface area contributed by atoms with Gasteiger partial charge in [-0.15, -0.1) is 0 Å². The summed E-state index contributed by atoms with van der Waals surface area (Å²) in [6.07, 6.45) is 3.84. The van der Waals surface area contributed by atoms with Crippen LogP contribution < -0.4 is 4.74 Å². The van der Waals surface area contributed by atoms with Crippen molar-refractivity contribution in [1.29, 1.82) is 0 Å². The number of carbonyl (C=O) groups excluding carboxylic acids is 2. The molecule has 0 saturated carbocycles. The molecule has 136 valence electrons. The maximum absolute atomic E-state index is 13.1. The van der Waals surface area contributed by atoms with Crippen molar-refractivity contribution in [3.8, 4) is 5.75 Å². The van der Waals surface area contributed by atoms with Gasteiger partial charge in [0.2, 0.25) is 5.91 Å². The third kappa shape index (κ3) is 3.72. The maximum Gasteiger partial charge on any atom is 0.410 e. The van der Waals surface area contributed by atoms with Gasteiger partial charge in [0.25, 0.3) is 0 Å². The van der Waals surface area contributed by atoms with Crippen molar-refractivity contribution in [2.75, 3.05) is 33.9 Å². The highest BCUT2D eigenvalue weighted by molar-refractivity contribution is 5.86. The second-order valence-corrected chi connectivity index (χ2v) is 6.63. The zero-order chi connectivity index (χ0) is 17.8. The highest BCUT2D eigenvalue weighted by atomic mass is 16.5. The van der Waals surface area contributed by atoms with E-state index in [9.17, 15) is 9.59 Å². The molecule has 1 atom stereocenters. The van der Waals surface area contributed by atoms with Gasteiger partial charge in [0.15, 0.2) is 0 Å².